The average molecular weight is 340 g/mol. The number of hydrogen-bond donors (Lipinski definition) is 1. The van der Waals surface area contributed by atoms with Crippen molar-refractivity contribution in [2.24, 2.45) is 0 Å². The van der Waals surface area contributed by atoms with Gasteiger partial charge in [-0.05, 0) is 76.9 Å². The molecule has 1 fully saturated rings. The largest absolute Gasteiger partial charge is 0.496 e. The Morgan fingerprint density at radius 1 is 1.17 bits per heavy atom. The number of aryl methyl sites for hydroxylation is 2. The molecular weight excluding hydrogens is 312 g/mol. The fourth-order valence-corrected chi connectivity index (χ4v) is 4.71. The summed E-state index contributed by atoms with van der Waals surface area (Å²) in [7, 11) is -1.91. The molecule has 1 N–H and O–H groups in total. The molecular formula is C17H28N2O3S. The zero-order chi connectivity index (χ0) is 17.2. The monoisotopic (exact) mass is 340 g/mol. The van der Waals surface area contributed by atoms with E-state index in [0.29, 0.717) is 22.3 Å². The lowest BCUT2D eigenvalue weighted by molar-refractivity contribution is 0.168. The second-order valence-corrected chi connectivity index (χ2v) is 8.30. The maximum absolute atomic E-state index is 12.7. The molecule has 0 saturated carbocycles. The fraction of sp³-hybridized carbons (Fsp3) is 0.647. The molecule has 0 amide bonds. The van der Waals surface area contributed by atoms with Crippen LogP contribution in [0, 0.1) is 13.8 Å². The maximum Gasteiger partial charge on any atom is 0.241 e. The van der Waals surface area contributed by atoms with Gasteiger partial charge in [0, 0.05) is 12.1 Å². The highest BCUT2D eigenvalue weighted by molar-refractivity contribution is 7.89. The Morgan fingerprint density at radius 3 is 2.30 bits per heavy atom. The molecule has 0 aliphatic carbocycles. The number of rotatable bonds is 5. The zero-order valence-electron chi connectivity index (χ0n) is 14.7. The molecule has 5 nitrogen and oxygen atoms in total. The van der Waals surface area contributed by atoms with E-state index in [-0.39, 0.29) is 6.04 Å². The van der Waals surface area contributed by atoms with Crippen molar-refractivity contribution in [3.05, 3.63) is 23.3 Å². The van der Waals surface area contributed by atoms with Gasteiger partial charge in [-0.25, -0.2) is 13.1 Å². The third kappa shape index (κ3) is 4.25. The van der Waals surface area contributed by atoms with Gasteiger partial charge in [-0.3, -0.25) is 0 Å². The van der Waals surface area contributed by atoms with E-state index in [9.17, 15) is 8.42 Å². The first kappa shape index (κ1) is 18.2. The van der Waals surface area contributed by atoms with Crippen LogP contribution in [-0.2, 0) is 10.0 Å². The van der Waals surface area contributed by atoms with Crippen molar-refractivity contribution < 1.29 is 13.2 Å². The smallest absolute Gasteiger partial charge is 0.241 e. The lowest BCUT2D eigenvalue weighted by atomic mass is 10.1. The Kier molecular flexibility index (Phi) is 5.70. The van der Waals surface area contributed by atoms with Gasteiger partial charge in [-0.15, -0.1) is 0 Å². The van der Waals surface area contributed by atoms with Gasteiger partial charge >= 0.3 is 0 Å². The van der Waals surface area contributed by atoms with Crippen LogP contribution in [0.3, 0.4) is 0 Å². The van der Waals surface area contributed by atoms with Crippen molar-refractivity contribution in [2.75, 3.05) is 20.2 Å². The number of likely N-dealkylation sites (tertiary alicyclic amines) is 1. The maximum atomic E-state index is 12.7. The minimum Gasteiger partial charge on any atom is -0.496 e. The number of nitrogens with one attached hydrogen (secondary N) is 1. The van der Waals surface area contributed by atoms with Crippen LogP contribution in [0.1, 0.15) is 37.8 Å². The van der Waals surface area contributed by atoms with Crippen molar-refractivity contribution in [2.45, 2.75) is 57.5 Å². The van der Waals surface area contributed by atoms with Crippen LogP contribution in [0.4, 0.5) is 0 Å². The van der Waals surface area contributed by atoms with E-state index in [1.165, 1.54) is 0 Å². The standard InChI is InChI=1S/C17H28N2O3S/c1-12(2)19-8-6-15(7-9-19)18-23(20,21)17-11-13(3)16(22-5)10-14(17)4/h10-12,15,18H,6-9H2,1-5H3. The molecule has 1 aliphatic rings. The molecule has 0 bridgehead atoms. The SMILES string of the molecule is COc1cc(C)c(S(=O)(=O)NC2CCN(C(C)C)CC2)cc1C. The number of ether oxygens (including phenoxy) is 1. The molecule has 1 aliphatic heterocycles. The lowest BCUT2D eigenvalue weighted by Crippen LogP contribution is -2.46. The summed E-state index contributed by atoms with van der Waals surface area (Å²) in [5, 5.41) is 0. The molecule has 0 radical (unpaired) electrons. The summed E-state index contributed by atoms with van der Waals surface area (Å²) in [5.74, 6) is 0.715. The van der Waals surface area contributed by atoms with Crippen LogP contribution in [-0.4, -0.2) is 45.6 Å². The second kappa shape index (κ2) is 7.20. The summed E-state index contributed by atoms with van der Waals surface area (Å²) in [6.07, 6.45) is 1.71. The van der Waals surface area contributed by atoms with Gasteiger partial charge in [-0.1, -0.05) is 0 Å². The molecule has 1 heterocycles. The minimum absolute atomic E-state index is 0.0109. The molecule has 0 atom stereocenters. The summed E-state index contributed by atoms with van der Waals surface area (Å²) >= 11 is 0. The van der Waals surface area contributed by atoms with Gasteiger partial charge in [0.1, 0.15) is 5.75 Å². The van der Waals surface area contributed by atoms with Crippen LogP contribution in [0.2, 0.25) is 0 Å². The van der Waals surface area contributed by atoms with Crippen molar-refractivity contribution in [1.82, 2.24) is 9.62 Å². The summed E-state index contributed by atoms with van der Waals surface area (Å²) < 4.78 is 33.6. The van der Waals surface area contributed by atoms with Crippen molar-refractivity contribution in [3.63, 3.8) is 0 Å². The van der Waals surface area contributed by atoms with Gasteiger partial charge in [-0.2, -0.15) is 0 Å². The molecule has 0 aromatic heterocycles. The Hall–Kier alpha value is -1.11. The van der Waals surface area contributed by atoms with E-state index in [4.69, 9.17) is 4.74 Å². The van der Waals surface area contributed by atoms with E-state index < -0.39 is 10.0 Å². The topological polar surface area (TPSA) is 58.6 Å². The molecule has 2 rings (SSSR count). The molecule has 23 heavy (non-hydrogen) atoms. The summed E-state index contributed by atoms with van der Waals surface area (Å²) in [5.41, 5.74) is 1.53. The minimum atomic E-state index is -3.50. The Morgan fingerprint density at radius 2 is 1.78 bits per heavy atom. The van der Waals surface area contributed by atoms with E-state index in [2.05, 4.69) is 23.5 Å². The fourth-order valence-electron chi connectivity index (χ4n) is 3.09. The van der Waals surface area contributed by atoms with E-state index in [1.807, 2.05) is 6.92 Å². The van der Waals surface area contributed by atoms with Gasteiger partial charge in [0.15, 0.2) is 0 Å². The number of nitrogens with zero attached hydrogens (tertiary/aromatic N) is 1. The first-order valence-electron chi connectivity index (χ1n) is 8.16. The van der Waals surface area contributed by atoms with Gasteiger partial charge in [0.05, 0.1) is 12.0 Å². The van der Waals surface area contributed by atoms with Crippen LogP contribution in [0.25, 0.3) is 0 Å². The number of hydrogen-bond acceptors (Lipinski definition) is 4. The molecule has 0 spiro atoms. The molecule has 1 saturated heterocycles. The highest BCUT2D eigenvalue weighted by atomic mass is 32.2. The normalized spacial score (nSPS) is 17.7. The lowest BCUT2D eigenvalue weighted by Gasteiger charge is -2.34. The molecule has 130 valence electrons. The van der Waals surface area contributed by atoms with E-state index in [1.54, 1.807) is 26.2 Å². The van der Waals surface area contributed by atoms with Crippen molar-refractivity contribution >= 4 is 10.0 Å². The molecule has 1 aromatic carbocycles. The zero-order valence-corrected chi connectivity index (χ0v) is 15.5. The number of sulfonamides is 1. The molecule has 0 unspecified atom stereocenters. The quantitative estimate of drug-likeness (QED) is 0.894. The average Bonchev–Trinajstić information content (AvgIpc) is 2.49. The predicted octanol–water partition coefficient (Wildman–Crippen LogP) is 2.46. The summed E-state index contributed by atoms with van der Waals surface area (Å²) in [4.78, 5) is 2.73. The van der Waals surface area contributed by atoms with Gasteiger partial charge < -0.3 is 9.64 Å². The third-order valence-corrected chi connectivity index (χ3v) is 6.23. The van der Waals surface area contributed by atoms with Crippen LogP contribution < -0.4 is 9.46 Å². The highest BCUT2D eigenvalue weighted by Gasteiger charge is 2.26. The third-order valence-electron chi connectivity index (χ3n) is 4.56. The second-order valence-electron chi connectivity index (χ2n) is 6.61. The number of piperidine rings is 1. The van der Waals surface area contributed by atoms with Crippen LogP contribution in [0.5, 0.6) is 5.75 Å². The van der Waals surface area contributed by atoms with E-state index in [0.717, 1.165) is 31.5 Å². The van der Waals surface area contributed by atoms with Gasteiger partial charge in [0.25, 0.3) is 0 Å². The first-order valence-corrected chi connectivity index (χ1v) is 9.64. The predicted molar refractivity (Wildman–Crippen MR) is 92.5 cm³/mol. The molecule has 6 heteroatoms. The molecule has 1 aromatic rings. The Balaban J connectivity index is 2.13. The van der Waals surface area contributed by atoms with Crippen LogP contribution >= 0.6 is 0 Å². The summed E-state index contributed by atoms with van der Waals surface area (Å²) in [6.45, 7) is 9.88. The van der Waals surface area contributed by atoms with Crippen LogP contribution in [0.15, 0.2) is 17.0 Å². The number of methoxy groups -OCH3 is 1. The van der Waals surface area contributed by atoms with Crippen molar-refractivity contribution in [3.8, 4) is 5.75 Å². The van der Waals surface area contributed by atoms with E-state index >= 15 is 0 Å². The van der Waals surface area contributed by atoms with Gasteiger partial charge in [0.2, 0.25) is 10.0 Å². The van der Waals surface area contributed by atoms with Crippen molar-refractivity contribution in [1.29, 1.82) is 0 Å². The Bertz CT molecular complexity index is 648. The Labute approximate surface area is 140 Å². The number of benzene rings is 1. The summed E-state index contributed by atoms with van der Waals surface area (Å²) in [6, 6.07) is 4.00. The highest BCUT2D eigenvalue weighted by Crippen LogP contribution is 2.26. The first-order chi connectivity index (χ1) is 10.7.